The highest BCUT2D eigenvalue weighted by Gasteiger charge is 2.20. The highest BCUT2D eigenvalue weighted by atomic mass is 16.2. The van der Waals surface area contributed by atoms with Crippen molar-refractivity contribution >= 4 is 22.6 Å². The van der Waals surface area contributed by atoms with E-state index >= 15 is 0 Å². The maximum Gasteiger partial charge on any atom is 0.243 e. The van der Waals surface area contributed by atoms with Gasteiger partial charge in [0.25, 0.3) is 0 Å². The van der Waals surface area contributed by atoms with Crippen LogP contribution in [0.4, 0.5) is 0 Å². The summed E-state index contributed by atoms with van der Waals surface area (Å²) in [6.07, 6.45) is 6.93. The van der Waals surface area contributed by atoms with Gasteiger partial charge in [0, 0.05) is 41.1 Å². The molecular weight excluding hydrogens is 338 g/mol. The van der Waals surface area contributed by atoms with Gasteiger partial charge in [-0.1, -0.05) is 24.3 Å². The molecule has 1 amide bonds. The van der Waals surface area contributed by atoms with Crippen molar-refractivity contribution in [3.8, 4) is 0 Å². The van der Waals surface area contributed by atoms with Crippen molar-refractivity contribution < 1.29 is 9.59 Å². The molecule has 0 bridgehead atoms. The van der Waals surface area contributed by atoms with E-state index in [0.29, 0.717) is 12.1 Å². The van der Waals surface area contributed by atoms with E-state index in [2.05, 4.69) is 16.4 Å². The molecule has 5 nitrogen and oxygen atoms in total. The molecule has 3 aromatic rings. The molecule has 4 rings (SSSR count). The molecule has 0 radical (unpaired) electrons. The van der Waals surface area contributed by atoms with E-state index in [-0.39, 0.29) is 11.7 Å². The Kier molecular flexibility index (Phi) is 4.52. The van der Waals surface area contributed by atoms with Crippen LogP contribution in [0.15, 0.2) is 42.7 Å². The van der Waals surface area contributed by atoms with Gasteiger partial charge in [0.15, 0.2) is 5.78 Å². The maximum absolute atomic E-state index is 12.7. The Hall–Kier alpha value is -2.95. The molecule has 1 atom stereocenters. The first kappa shape index (κ1) is 17.5. The molecule has 0 spiro atoms. The molecule has 2 heterocycles. The topological polar surface area (TPSA) is 64.0 Å². The van der Waals surface area contributed by atoms with E-state index in [1.165, 1.54) is 11.3 Å². The number of benzene rings is 1. The third-order valence-electron chi connectivity index (χ3n) is 5.36. The fourth-order valence-electron chi connectivity index (χ4n) is 3.84. The molecule has 138 valence electrons. The number of aromatic nitrogens is 2. The average molecular weight is 361 g/mol. The van der Waals surface area contributed by atoms with E-state index < -0.39 is 6.04 Å². The van der Waals surface area contributed by atoms with Crippen LogP contribution in [0.3, 0.4) is 0 Å². The lowest BCUT2D eigenvalue weighted by molar-refractivity contribution is -0.123. The molecule has 0 fully saturated rings. The van der Waals surface area contributed by atoms with Gasteiger partial charge in [-0.15, -0.1) is 0 Å². The van der Waals surface area contributed by atoms with Crippen LogP contribution >= 0.6 is 0 Å². The van der Waals surface area contributed by atoms with Crippen molar-refractivity contribution in [2.24, 2.45) is 0 Å². The van der Waals surface area contributed by atoms with Gasteiger partial charge in [-0.05, 0) is 50.3 Å². The second kappa shape index (κ2) is 6.99. The zero-order chi connectivity index (χ0) is 19.0. The first-order chi connectivity index (χ1) is 13.0. The van der Waals surface area contributed by atoms with Gasteiger partial charge in [0.2, 0.25) is 5.91 Å². The fourth-order valence-corrected chi connectivity index (χ4v) is 3.84. The van der Waals surface area contributed by atoms with Gasteiger partial charge < -0.3 is 9.88 Å². The molecule has 1 aromatic carbocycles. The quantitative estimate of drug-likeness (QED) is 0.706. The zero-order valence-corrected chi connectivity index (χ0v) is 15.7. The molecule has 1 aliphatic rings. The van der Waals surface area contributed by atoms with E-state index in [9.17, 15) is 9.59 Å². The van der Waals surface area contributed by atoms with Crippen molar-refractivity contribution in [1.82, 2.24) is 14.9 Å². The fraction of sp³-hybridized carbons (Fsp3) is 0.318. The minimum absolute atomic E-state index is 0.00164. The van der Waals surface area contributed by atoms with Gasteiger partial charge in [0.1, 0.15) is 6.04 Å². The number of rotatable bonds is 5. The number of carbonyl (C=O) groups is 2. The van der Waals surface area contributed by atoms with Crippen LogP contribution < -0.4 is 5.32 Å². The lowest BCUT2D eigenvalue weighted by atomic mass is 10.1. The number of amides is 1. The lowest BCUT2D eigenvalue weighted by Crippen LogP contribution is -2.30. The number of Topliss-reactive ketones (excluding diaryl/α,β-unsaturated/α-hetero) is 1. The van der Waals surface area contributed by atoms with E-state index in [0.717, 1.165) is 35.7 Å². The highest BCUT2D eigenvalue weighted by Crippen LogP contribution is 2.25. The predicted octanol–water partition coefficient (Wildman–Crippen LogP) is 3.61. The first-order valence-electron chi connectivity index (χ1n) is 9.39. The molecule has 27 heavy (non-hydrogen) atoms. The summed E-state index contributed by atoms with van der Waals surface area (Å²) >= 11 is 0. The predicted molar refractivity (Wildman–Crippen MR) is 105 cm³/mol. The molecular formula is C22H23N3O2. The smallest absolute Gasteiger partial charge is 0.243 e. The number of carbonyl (C=O) groups excluding carboxylic acids is 2. The Bertz CT molecular complexity index is 1040. The molecule has 0 saturated carbocycles. The summed E-state index contributed by atoms with van der Waals surface area (Å²) in [5, 5.41) is 3.89. The number of para-hydroxylation sites is 1. The third-order valence-corrected chi connectivity index (χ3v) is 5.36. The normalized spacial score (nSPS) is 14.1. The van der Waals surface area contributed by atoms with E-state index in [4.69, 9.17) is 0 Å². The standard InChI is InChI=1S/C22H23N3O2/c1-14(25-13-19(15(2)26)18-7-3-4-9-21(18)25)22(27)24-12-16-10-17-6-5-8-20(17)23-11-16/h3-4,7,9-11,13-14H,5-6,8,12H2,1-2H3,(H,24,27)/t14-/m1/s1. The van der Waals surface area contributed by atoms with Crippen LogP contribution in [0, 0.1) is 0 Å². The number of hydrogen-bond donors (Lipinski definition) is 1. The number of fused-ring (bicyclic) bond motifs is 2. The summed E-state index contributed by atoms with van der Waals surface area (Å²) in [7, 11) is 0. The average Bonchev–Trinajstić information content (AvgIpc) is 3.29. The Balaban J connectivity index is 1.53. The van der Waals surface area contributed by atoms with Crippen LogP contribution in [-0.4, -0.2) is 21.2 Å². The van der Waals surface area contributed by atoms with Crippen molar-refractivity contribution in [3.05, 3.63) is 65.1 Å². The molecule has 5 heteroatoms. The summed E-state index contributed by atoms with van der Waals surface area (Å²) in [5.41, 5.74) is 5.06. The lowest BCUT2D eigenvalue weighted by Gasteiger charge is -2.15. The summed E-state index contributed by atoms with van der Waals surface area (Å²) in [4.78, 5) is 29.2. The molecule has 0 saturated heterocycles. The first-order valence-corrected chi connectivity index (χ1v) is 9.39. The molecule has 0 aliphatic heterocycles. The highest BCUT2D eigenvalue weighted by molar-refractivity contribution is 6.07. The number of nitrogens with zero attached hydrogens (tertiary/aromatic N) is 2. The molecule has 1 N–H and O–H groups in total. The van der Waals surface area contributed by atoms with Crippen molar-refractivity contribution in [3.63, 3.8) is 0 Å². The number of ketones is 1. The van der Waals surface area contributed by atoms with E-state index in [1.54, 1.807) is 13.1 Å². The number of hydrogen-bond acceptors (Lipinski definition) is 3. The Morgan fingerprint density at radius 2 is 2.07 bits per heavy atom. The van der Waals surface area contributed by atoms with Crippen LogP contribution in [0.5, 0.6) is 0 Å². The van der Waals surface area contributed by atoms with Crippen LogP contribution in [0.1, 0.15) is 53.5 Å². The molecule has 1 aliphatic carbocycles. The zero-order valence-electron chi connectivity index (χ0n) is 15.7. The van der Waals surface area contributed by atoms with Crippen molar-refractivity contribution in [1.29, 1.82) is 0 Å². The number of aryl methyl sites for hydroxylation is 2. The summed E-state index contributed by atoms with van der Waals surface area (Å²) in [5.74, 6) is -0.0758. The van der Waals surface area contributed by atoms with Crippen molar-refractivity contribution in [2.45, 2.75) is 45.7 Å². The van der Waals surface area contributed by atoms with Gasteiger partial charge in [0.05, 0.1) is 0 Å². The Morgan fingerprint density at radius 3 is 2.89 bits per heavy atom. The minimum atomic E-state index is -0.412. The number of pyridine rings is 1. The summed E-state index contributed by atoms with van der Waals surface area (Å²) < 4.78 is 1.88. The van der Waals surface area contributed by atoms with Crippen LogP contribution in [-0.2, 0) is 24.2 Å². The monoisotopic (exact) mass is 361 g/mol. The number of nitrogens with one attached hydrogen (secondary N) is 1. The van der Waals surface area contributed by atoms with Crippen molar-refractivity contribution in [2.75, 3.05) is 0 Å². The van der Waals surface area contributed by atoms with Gasteiger partial charge in [-0.2, -0.15) is 0 Å². The van der Waals surface area contributed by atoms with Crippen LogP contribution in [0.25, 0.3) is 10.9 Å². The Morgan fingerprint density at radius 1 is 1.26 bits per heavy atom. The van der Waals surface area contributed by atoms with E-state index in [1.807, 2.05) is 42.0 Å². The largest absolute Gasteiger partial charge is 0.350 e. The second-order valence-electron chi connectivity index (χ2n) is 7.22. The summed E-state index contributed by atoms with van der Waals surface area (Å²) in [6, 6.07) is 9.43. The van der Waals surface area contributed by atoms with Gasteiger partial charge >= 0.3 is 0 Å². The SMILES string of the molecule is CC(=O)c1cn([C@H](C)C(=O)NCc2cnc3c(c2)CCC3)c2ccccc12. The second-order valence-corrected chi connectivity index (χ2v) is 7.22. The van der Waals surface area contributed by atoms with Gasteiger partial charge in [-0.25, -0.2) is 0 Å². The minimum Gasteiger partial charge on any atom is -0.350 e. The summed E-state index contributed by atoms with van der Waals surface area (Å²) in [6.45, 7) is 3.87. The molecule has 2 aromatic heterocycles. The third kappa shape index (κ3) is 3.25. The van der Waals surface area contributed by atoms with Gasteiger partial charge in [-0.3, -0.25) is 14.6 Å². The molecule has 0 unspecified atom stereocenters. The maximum atomic E-state index is 12.7. The Labute approximate surface area is 158 Å². The van der Waals surface area contributed by atoms with Crippen LogP contribution in [0.2, 0.25) is 0 Å².